The average molecular weight is 481 g/mol. The summed E-state index contributed by atoms with van der Waals surface area (Å²) in [6.07, 6.45) is 4.76. The second-order valence-electron chi connectivity index (χ2n) is 8.27. The summed E-state index contributed by atoms with van der Waals surface area (Å²) in [5.74, 6) is -0.0488. The van der Waals surface area contributed by atoms with E-state index < -0.39 is 6.04 Å². The molecule has 0 saturated heterocycles. The standard InChI is InChI=1S/C27H24N6O3/c1-19-7-2-4-10-23(19)33(25(34)18-32-24-11-5-3-9-22(24)30-31-32)26(20-12-14-28-15-13-20)27(35)29-17-21-8-6-16-36-21/h2-16,26H,17-18H2,1H3,(H,29,35)/t26-/m0/s1. The first kappa shape index (κ1) is 23.0. The van der Waals surface area contributed by atoms with Crippen molar-refractivity contribution in [2.24, 2.45) is 0 Å². The molecule has 0 aliphatic carbocycles. The Morgan fingerprint density at radius 1 is 1.00 bits per heavy atom. The molecule has 2 amide bonds. The van der Waals surface area contributed by atoms with E-state index in [1.54, 1.807) is 47.6 Å². The highest BCUT2D eigenvalue weighted by Gasteiger charge is 2.34. The summed E-state index contributed by atoms with van der Waals surface area (Å²) in [5.41, 5.74) is 3.53. The Morgan fingerprint density at radius 2 is 1.78 bits per heavy atom. The Bertz CT molecular complexity index is 1480. The molecule has 9 nitrogen and oxygen atoms in total. The molecule has 0 spiro atoms. The van der Waals surface area contributed by atoms with Gasteiger partial charge in [0.25, 0.3) is 0 Å². The maximum Gasteiger partial charge on any atom is 0.249 e. The fourth-order valence-electron chi connectivity index (χ4n) is 4.14. The number of para-hydroxylation sites is 2. The zero-order valence-electron chi connectivity index (χ0n) is 19.6. The molecule has 0 aliphatic rings. The smallest absolute Gasteiger partial charge is 0.249 e. The third-order valence-electron chi connectivity index (χ3n) is 5.89. The van der Waals surface area contributed by atoms with Crippen LogP contribution < -0.4 is 10.2 Å². The molecule has 9 heteroatoms. The number of benzene rings is 2. The number of pyridine rings is 1. The van der Waals surface area contributed by atoms with Crippen LogP contribution in [0.2, 0.25) is 0 Å². The van der Waals surface area contributed by atoms with Gasteiger partial charge in [-0.1, -0.05) is 35.5 Å². The lowest BCUT2D eigenvalue weighted by Gasteiger charge is -2.32. The monoisotopic (exact) mass is 480 g/mol. The SMILES string of the molecule is Cc1ccccc1N(C(=O)Cn1nnc2ccccc21)[C@H](C(=O)NCc1ccco1)c1ccncc1. The van der Waals surface area contributed by atoms with Gasteiger partial charge in [0.1, 0.15) is 23.9 Å². The summed E-state index contributed by atoms with van der Waals surface area (Å²) >= 11 is 0. The van der Waals surface area contributed by atoms with Crippen LogP contribution in [0.25, 0.3) is 11.0 Å². The third kappa shape index (κ3) is 4.72. The minimum absolute atomic E-state index is 0.0953. The van der Waals surface area contributed by atoms with Crippen LogP contribution in [0, 0.1) is 6.92 Å². The van der Waals surface area contributed by atoms with E-state index in [0.29, 0.717) is 22.5 Å². The molecule has 3 aromatic heterocycles. The first-order valence-corrected chi connectivity index (χ1v) is 11.5. The van der Waals surface area contributed by atoms with Crippen LogP contribution in [0.3, 0.4) is 0 Å². The number of hydrogen-bond donors (Lipinski definition) is 1. The largest absolute Gasteiger partial charge is 0.467 e. The maximum absolute atomic E-state index is 14.0. The van der Waals surface area contributed by atoms with Gasteiger partial charge < -0.3 is 9.73 Å². The Hall–Kier alpha value is -4.79. The number of carbonyl (C=O) groups excluding carboxylic acids is 2. The van der Waals surface area contributed by atoms with Crippen molar-refractivity contribution in [3.8, 4) is 0 Å². The van der Waals surface area contributed by atoms with E-state index in [-0.39, 0.29) is 24.9 Å². The zero-order chi connectivity index (χ0) is 24.9. The van der Waals surface area contributed by atoms with Crippen molar-refractivity contribution in [1.29, 1.82) is 0 Å². The number of aromatic nitrogens is 4. The molecule has 0 bridgehead atoms. The van der Waals surface area contributed by atoms with Gasteiger partial charge >= 0.3 is 0 Å². The zero-order valence-corrected chi connectivity index (χ0v) is 19.6. The van der Waals surface area contributed by atoms with Gasteiger partial charge in [0.2, 0.25) is 11.8 Å². The number of nitrogens with one attached hydrogen (secondary N) is 1. The molecule has 5 aromatic rings. The number of aryl methyl sites for hydroxylation is 1. The summed E-state index contributed by atoms with van der Waals surface area (Å²) in [7, 11) is 0. The number of hydrogen-bond acceptors (Lipinski definition) is 6. The molecule has 5 rings (SSSR count). The van der Waals surface area contributed by atoms with Crippen LogP contribution in [-0.2, 0) is 22.7 Å². The van der Waals surface area contributed by atoms with E-state index in [0.717, 1.165) is 11.1 Å². The van der Waals surface area contributed by atoms with Crippen molar-refractivity contribution in [2.45, 2.75) is 26.1 Å². The Kier molecular flexibility index (Phi) is 6.53. The minimum atomic E-state index is -0.952. The van der Waals surface area contributed by atoms with E-state index in [4.69, 9.17) is 4.42 Å². The summed E-state index contributed by atoms with van der Waals surface area (Å²) in [6.45, 7) is 2.00. The quantitative estimate of drug-likeness (QED) is 0.362. The van der Waals surface area contributed by atoms with Gasteiger partial charge in [-0.2, -0.15) is 0 Å². The van der Waals surface area contributed by atoms with Gasteiger partial charge in [0.15, 0.2) is 0 Å². The van der Waals surface area contributed by atoms with Crippen molar-refractivity contribution in [1.82, 2.24) is 25.3 Å². The van der Waals surface area contributed by atoms with Crippen LogP contribution in [0.15, 0.2) is 95.9 Å². The lowest BCUT2D eigenvalue weighted by Crippen LogP contribution is -2.45. The molecule has 3 heterocycles. The van der Waals surface area contributed by atoms with Crippen LogP contribution in [0.5, 0.6) is 0 Å². The van der Waals surface area contributed by atoms with E-state index in [9.17, 15) is 9.59 Å². The van der Waals surface area contributed by atoms with E-state index in [1.807, 2.05) is 55.5 Å². The molecule has 180 valence electrons. The number of furan rings is 1. The molecule has 0 fully saturated rings. The van der Waals surface area contributed by atoms with Crippen LogP contribution >= 0.6 is 0 Å². The fraction of sp³-hybridized carbons (Fsp3) is 0.148. The highest BCUT2D eigenvalue weighted by molar-refractivity contribution is 6.02. The highest BCUT2D eigenvalue weighted by atomic mass is 16.3. The maximum atomic E-state index is 14.0. The lowest BCUT2D eigenvalue weighted by atomic mass is 10.0. The van der Waals surface area contributed by atoms with E-state index in [2.05, 4.69) is 20.6 Å². The van der Waals surface area contributed by atoms with E-state index >= 15 is 0 Å². The van der Waals surface area contributed by atoms with Gasteiger partial charge in [-0.15, -0.1) is 5.10 Å². The van der Waals surface area contributed by atoms with Crippen molar-refractivity contribution in [3.63, 3.8) is 0 Å². The number of carbonyl (C=O) groups is 2. The molecule has 2 aromatic carbocycles. The number of rotatable bonds is 8. The molecule has 0 radical (unpaired) electrons. The van der Waals surface area contributed by atoms with Gasteiger partial charge in [-0.3, -0.25) is 19.5 Å². The van der Waals surface area contributed by atoms with Crippen molar-refractivity contribution in [2.75, 3.05) is 4.90 Å². The normalized spacial score (nSPS) is 11.8. The number of amides is 2. The Balaban J connectivity index is 1.55. The summed E-state index contributed by atoms with van der Waals surface area (Å²) in [5, 5.41) is 11.3. The number of anilines is 1. The molecule has 0 saturated carbocycles. The Labute approximate surface area is 207 Å². The fourth-order valence-corrected chi connectivity index (χ4v) is 4.14. The first-order valence-electron chi connectivity index (χ1n) is 11.5. The highest BCUT2D eigenvalue weighted by Crippen LogP contribution is 2.31. The number of fused-ring (bicyclic) bond motifs is 1. The van der Waals surface area contributed by atoms with Crippen LogP contribution in [0.1, 0.15) is 22.9 Å². The minimum Gasteiger partial charge on any atom is -0.467 e. The summed E-state index contributed by atoms with van der Waals surface area (Å²) < 4.78 is 6.92. The summed E-state index contributed by atoms with van der Waals surface area (Å²) in [6, 6.07) is 21.0. The van der Waals surface area contributed by atoms with Crippen LogP contribution in [0.4, 0.5) is 5.69 Å². The molecular formula is C27H24N6O3. The second kappa shape index (κ2) is 10.2. The van der Waals surface area contributed by atoms with Gasteiger partial charge in [0, 0.05) is 18.1 Å². The van der Waals surface area contributed by atoms with Crippen molar-refractivity contribution in [3.05, 3.63) is 108 Å². The number of nitrogens with zero attached hydrogens (tertiary/aromatic N) is 5. The first-order chi connectivity index (χ1) is 17.6. The van der Waals surface area contributed by atoms with Gasteiger partial charge in [-0.25, -0.2) is 4.68 Å². The van der Waals surface area contributed by atoms with E-state index in [1.165, 1.54) is 4.90 Å². The van der Waals surface area contributed by atoms with Crippen molar-refractivity contribution < 1.29 is 14.0 Å². The van der Waals surface area contributed by atoms with Crippen molar-refractivity contribution >= 4 is 28.5 Å². The molecule has 0 aliphatic heterocycles. The predicted molar refractivity (Wildman–Crippen MR) is 134 cm³/mol. The Morgan fingerprint density at radius 3 is 2.56 bits per heavy atom. The molecular weight excluding hydrogens is 456 g/mol. The molecule has 1 N–H and O–H groups in total. The van der Waals surface area contributed by atoms with Gasteiger partial charge in [-0.05, 0) is 60.5 Å². The van der Waals surface area contributed by atoms with Crippen LogP contribution in [-0.4, -0.2) is 31.8 Å². The summed E-state index contributed by atoms with van der Waals surface area (Å²) in [4.78, 5) is 33.3. The lowest BCUT2D eigenvalue weighted by molar-refractivity contribution is -0.127. The van der Waals surface area contributed by atoms with Gasteiger partial charge in [0.05, 0.1) is 18.3 Å². The predicted octanol–water partition coefficient (Wildman–Crippen LogP) is 3.82. The molecule has 1 atom stereocenters. The molecule has 36 heavy (non-hydrogen) atoms. The molecule has 0 unspecified atom stereocenters. The second-order valence-corrected chi connectivity index (χ2v) is 8.27. The topological polar surface area (TPSA) is 106 Å². The third-order valence-corrected chi connectivity index (χ3v) is 5.89. The average Bonchev–Trinajstić information content (AvgIpc) is 3.57.